The van der Waals surface area contributed by atoms with Crippen molar-refractivity contribution in [2.75, 3.05) is 6.54 Å². The fraction of sp³-hybridized carbons (Fsp3) is 0.538. The molecule has 6 nitrogen and oxygen atoms in total. The fourth-order valence-electron chi connectivity index (χ4n) is 2.52. The van der Waals surface area contributed by atoms with Crippen LogP contribution in [0.2, 0.25) is 0 Å². The van der Waals surface area contributed by atoms with Crippen LogP contribution in [0, 0.1) is 11.8 Å². The van der Waals surface area contributed by atoms with Gasteiger partial charge in [0.05, 0.1) is 11.5 Å². The van der Waals surface area contributed by atoms with Crippen LogP contribution in [0.25, 0.3) is 0 Å². The Morgan fingerprint density at radius 1 is 1.26 bits per heavy atom. The highest BCUT2D eigenvalue weighted by Crippen LogP contribution is 2.29. The second kappa shape index (κ2) is 6.26. The highest BCUT2D eigenvalue weighted by Gasteiger charge is 2.30. The Labute approximate surface area is 111 Å². The maximum atomic E-state index is 11.8. The lowest BCUT2D eigenvalue weighted by Gasteiger charge is -2.28. The van der Waals surface area contributed by atoms with E-state index in [1.165, 1.54) is 18.7 Å². The van der Waals surface area contributed by atoms with Crippen molar-refractivity contribution in [3.8, 4) is 0 Å². The molecular formula is C13H17N3O3. The Hall–Kier alpha value is -1.98. The zero-order chi connectivity index (χ0) is 13.7. The molecule has 1 aliphatic carbocycles. The van der Waals surface area contributed by atoms with Crippen molar-refractivity contribution in [2.24, 2.45) is 11.8 Å². The summed E-state index contributed by atoms with van der Waals surface area (Å²) in [6, 6.07) is 0. The number of carbonyl (C=O) groups excluding carboxylic acids is 1. The molecule has 1 saturated carbocycles. The minimum Gasteiger partial charge on any atom is -0.481 e. The monoisotopic (exact) mass is 263 g/mol. The Bertz CT molecular complexity index is 450. The average molecular weight is 263 g/mol. The number of carboxylic acid groups (broad SMARTS) is 1. The molecule has 2 N–H and O–H groups in total. The molecule has 0 aromatic carbocycles. The third-order valence-corrected chi connectivity index (χ3v) is 3.57. The molecule has 0 saturated heterocycles. The molecule has 1 aliphatic rings. The van der Waals surface area contributed by atoms with Gasteiger partial charge < -0.3 is 10.4 Å². The van der Waals surface area contributed by atoms with Crippen LogP contribution in [-0.4, -0.2) is 33.5 Å². The van der Waals surface area contributed by atoms with Crippen LogP contribution < -0.4 is 5.32 Å². The third-order valence-electron chi connectivity index (χ3n) is 3.57. The van der Waals surface area contributed by atoms with Gasteiger partial charge in [0.2, 0.25) is 0 Å². The minimum atomic E-state index is -0.762. The highest BCUT2D eigenvalue weighted by atomic mass is 16.4. The van der Waals surface area contributed by atoms with Crippen molar-refractivity contribution in [2.45, 2.75) is 25.7 Å². The van der Waals surface area contributed by atoms with Crippen molar-refractivity contribution in [1.82, 2.24) is 15.3 Å². The lowest BCUT2D eigenvalue weighted by molar-refractivity contribution is -0.144. The van der Waals surface area contributed by atoms with Gasteiger partial charge in [-0.1, -0.05) is 12.8 Å². The van der Waals surface area contributed by atoms with E-state index in [2.05, 4.69) is 15.3 Å². The van der Waals surface area contributed by atoms with Gasteiger partial charge in [-0.25, -0.2) is 9.97 Å². The fourth-order valence-corrected chi connectivity index (χ4v) is 2.52. The maximum Gasteiger partial charge on any atom is 0.306 e. The van der Waals surface area contributed by atoms with Gasteiger partial charge in [-0.3, -0.25) is 9.59 Å². The third kappa shape index (κ3) is 3.49. The van der Waals surface area contributed by atoms with Crippen LogP contribution in [0.15, 0.2) is 18.7 Å². The number of aromatic nitrogens is 2. The molecule has 2 rings (SSSR count). The van der Waals surface area contributed by atoms with Crippen molar-refractivity contribution < 1.29 is 14.7 Å². The zero-order valence-corrected chi connectivity index (χ0v) is 10.6. The average Bonchev–Trinajstić information content (AvgIpc) is 2.46. The van der Waals surface area contributed by atoms with Gasteiger partial charge in [0, 0.05) is 18.9 Å². The van der Waals surface area contributed by atoms with Crippen LogP contribution >= 0.6 is 0 Å². The number of carbonyl (C=O) groups is 2. The minimum absolute atomic E-state index is 0.0137. The van der Waals surface area contributed by atoms with E-state index in [-0.39, 0.29) is 17.7 Å². The van der Waals surface area contributed by atoms with Gasteiger partial charge in [-0.05, 0) is 18.8 Å². The van der Waals surface area contributed by atoms with Crippen molar-refractivity contribution in [3.05, 3.63) is 24.3 Å². The molecule has 1 fully saturated rings. The second-order valence-electron chi connectivity index (χ2n) is 4.83. The van der Waals surface area contributed by atoms with E-state index in [0.29, 0.717) is 18.5 Å². The number of hydrogen-bond donors (Lipinski definition) is 2. The Kier molecular flexibility index (Phi) is 4.43. The quantitative estimate of drug-likeness (QED) is 0.848. The van der Waals surface area contributed by atoms with Crippen LogP contribution in [0.5, 0.6) is 0 Å². The molecular weight excluding hydrogens is 246 g/mol. The SMILES string of the molecule is O=C(NCC1CCCCC1C(=O)O)c1cncnc1. The standard InChI is InChI=1S/C13H17N3O3/c17-12(10-5-14-8-15-6-10)16-7-9-3-1-2-4-11(9)13(18)19/h5-6,8-9,11H,1-4,7H2,(H,16,17)(H,18,19). The van der Waals surface area contributed by atoms with Gasteiger partial charge in [-0.2, -0.15) is 0 Å². The molecule has 0 radical (unpaired) electrons. The first-order valence-corrected chi connectivity index (χ1v) is 6.44. The zero-order valence-electron chi connectivity index (χ0n) is 10.6. The number of rotatable bonds is 4. The van der Waals surface area contributed by atoms with Crippen LogP contribution in [0.1, 0.15) is 36.0 Å². The van der Waals surface area contributed by atoms with E-state index in [9.17, 15) is 9.59 Å². The summed E-state index contributed by atoms with van der Waals surface area (Å²) in [4.78, 5) is 30.5. The second-order valence-corrected chi connectivity index (χ2v) is 4.83. The predicted octanol–water partition coefficient (Wildman–Crippen LogP) is 1.10. The largest absolute Gasteiger partial charge is 0.481 e. The van der Waals surface area contributed by atoms with Crippen LogP contribution in [0.4, 0.5) is 0 Å². The number of nitrogens with zero attached hydrogens (tertiary/aromatic N) is 2. The van der Waals surface area contributed by atoms with Crippen molar-refractivity contribution in [3.63, 3.8) is 0 Å². The molecule has 1 aromatic heterocycles. The Morgan fingerprint density at radius 3 is 2.63 bits per heavy atom. The van der Waals surface area contributed by atoms with Crippen LogP contribution in [-0.2, 0) is 4.79 Å². The van der Waals surface area contributed by atoms with E-state index in [4.69, 9.17) is 5.11 Å². The Morgan fingerprint density at radius 2 is 1.95 bits per heavy atom. The molecule has 1 amide bonds. The molecule has 0 aliphatic heterocycles. The predicted molar refractivity (Wildman–Crippen MR) is 67.4 cm³/mol. The summed E-state index contributed by atoms with van der Waals surface area (Å²) in [7, 11) is 0. The number of aliphatic carboxylic acids is 1. The summed E-state index contributed by atoms with van der Waals surface area (Å²) in [6.45, 7) is 0.394. The van der Waals surface area contributed by atoms with Gasteiger partial charge in [-0.15, -0.1) is 0 Å². The van der Waals surface area contributed by atoms with Crippen molar-refractivity contribution in [1.29, 1.82) is 0 Å². The Balaban J connectivity index is 1.90. The van der Waals surface area contributed by atoms with E-state index >= 15 is 0 Å². The number of hydrogen-bond acceptors (Lipinski definition) is 4. The first-order chi connectivity index (χ1) is 9.18. The van der Waals surface area contributed by atoms with E-state index in [1.807, 2.05) is 0 Å². The molecule has 1 aromatic rings. The highest BCUT2D eigenvalue weighted by molar-refractivity contribution is 5.93. The number of carboxylic acids is 1. The van der Waals surface area contributed by atoms with E-state index in [0.717, 1.165) is 19.3 Å². The summed E-state index contributed by atoms with van der Waals surface area (Å²) in [5, 5.41) is 11.9. The molecule has 0 bridgehead atoms. The molecule has 19 heavy (non-hydrogen) atoms. The number of amides is 1. The lowest BCUT2D eigenvalue weighted by atomic mass is 9.79. The van der Waals surface area contributed by atoms with Gasteiger partial charge in [0.1, 0.15) is 6.33 Å². The van der Waals surface area contributed by atoms with E-state index < -0.39 is 5.97 Å². The molecule has 0 spiro atoms. The normalized spacial score (nSPS) is 22.7. The van der Waals surface area contributed by atoms with Crippen LogP contribution in [0.3, 0.4) is 0 Å². The van der Waals surface area contributed by atoms with Gasteiger partial charge >= 0.3 is 5.97 Å². The summed E-state index contributed by atoms with van der Waals surface area (Å²) in [5.41, 5.74) is 0.394. The summed E-state index contributed by atoms with van der Waals surface area (Å²) in [5.74, 6) is -1.35. The first kappa shape index (κ1) is 13.5. The topological polar surface area (TPSA) is 92.2 Å². The number of nitrogens with one attached hydrogen (secondary N) is 1. The molecule has 102 valence electrons. The summed E-state index contributed by atoms with van der Waals surface area (Å²) in [6.07, 6.45) is 7.77. The smallest absolute Gasteiger partial charge is 0.306 e. The summed E-state index contributed by atoms with van der Waals surface area (Å²) >= 11 is 0. The van der Waals surface area contributed by atoms with Crippen molar-refractivity contribution >= 4 is 11.9 Å². The lowest BCUT2D eigenvalue weighted by Crippen LogP contribution is -2.37. The maximum absolute atomic E-state index is 11.8. The first-order valence-electron chi connectivity index (χ1n) is 6.44. The molecule has 2 atom stereocenters. The molecule has 6 heteroatoms. The van der Waals surface area contributed by atoms with Gasteiger partial charge in [0.15, 0.2) is 0 Å². The van der Waals surface area contributed by atoms with Gasteiger partial charge in [0.25, 0.3) is 5.91 Å². The molecule has 1 heterocycles. The summed E-state index contributed by atoms with van der Waals surface area (Å²) < 4.78 is 0. The molecule has 2 unspecified atom stereocenters. The van der Waals surface area contributed by atoms with E-state index in [1.54, 1.807) is 0 Å².